The second-order valence-corrected chi connectivity index (χ2v) is 9.91. The molecular formula is C21H28N4O3S. The fourth-order valence-corrected chi connectivity index (χ4v) is 6.13. The van der Waals surface area contributed by atoms with Gasteiger partial charge in [-0.15, -0.1) is 0 Å². The molecule has 0 spiro atoms. The summed E-state index contributed by atoms with van der Waals surface area (Å²) in [7, 11) is -3.58. The molecule has 1 aromatic heterocycles. The van der Waals surface area contributed by atoms with Crippen LogP contribution in [0.4, 0.5) is 0 Å². The first kappa shape index (κ1) is 20.1. The second kappa shape index (κ2) is 8.28. The molecule has 1 amide bonds. The van der Waals surface area contributed by atoms with Gasteiger partial charge in [-0.3, -0.25) is 4.79 Å². The van der Waals surface area contributed by atoms with Crippen LogP contribution >= 0.6 is 0 Å². The van der Waals surface area contributed by atoms with Crippen LogP contribution in [0.2, 0.25) is 0 Å². The zero-order valence-corrected chi connectivity index (χ0v) is 17.6. The van der Waals surface area contributed by atoms with Crippen LogP contribution < -0.4 is 0 Å². The maximum absolute atomic E-state index is 13.1. The van der Waals surface area contributed by atoms with Crippen molar-refractivity contribution in [1.82, 2.24) is 18.8 Å². The standard InChI is InChI=1S/C21H28N4O3S/c1-17-5-2-3-11-25(17)29(27,28)20-7-4-6-18(15-20)21(26)23-12-8-19(9-13-23)24-14-10-22-16-24/h4,6-7,10,14-17,19H,2-3,5,8-9,11-13H2,1H3. The summed E-state index contributed by atoms with van der Waals surface area (Å²) in [6, 6.07) is 6.87. The number of piperidine rings is 2. The summed E-state index contributed by atoms with van der Waals surface area (Å²) in [5.41, 5.74) is 0.441. The molecule has 7 nitrogen and oxygen atoms in total. The van der Waals surface area contributed by atoms with Gasteiger partial charge in [0.15, 0.2) is 0 Å². The lowest BCUT2D eigenvalue weighted by Crippen LogP contribution is -2.42. The van der Waals surface area contributed by atoms with E-state index in [9.17, 15) is 13.2 Å². The zero-order chi connectivity index (χ0) is 20.4. The number of rotatable bonds is 4. The molecule has 2 aromatic rings. The van der Waals surface area contributed by atoms with Crippen molar-refractivity contribution in [1.29, 1.82) is 0 Å². The number of sulfonamides is 1. The Hall–Kier alpha value is -2.19. The summed E-state index contributed by atoms with van der Waals surface area (Å²) in [5.74, 6) is -0.0992. The minimum absolute atomic E-state index is 0.00434. The van der Waals surface area contributed by atoms with Crippen LogP contribution in [-0.4, -0.2) is 58.8 Å². The Morgan fingerprint density at radius 3 is 2.59 bits per heavy atom. The molecule has 29 heavy (non-hydrogen) atoms. The SMILES string of the molecule is CC1CCCCN1S(=O)(=O)c1cccc(C(=O)N2CCC(n3ccnc3)CC2)c1. The molecule has 2 aliphatic rings. The van der Waals surface area contributed by atoms with Crippen molar-refractivity contribution in [2.75, 3.05) is 19.6 Å². The van der Waals surface area contributed by atoms with Crippen LogP contribution in [0.5, 0.6) is 0 Å². The average molecular weight is 417 g/mol. The normalized spacial score (nSPS) is 22.0. The predicted molar refractivity (Wildman–Crippen MR) is 110 cm³/mol. The number of hydrogen-bond donors (Lipinski definition) is 0. The largest absolute Gasteiger partial charge is 0.338 e. The van der Waals surface area contributed by atoms with E-state index in [0.29, 0.717) is 31.2 Å². The molecular weight excluding hydrogens is 388 g/mol. The van der Waals surface area contributed by atoms with Gasteiger partial charge in [-0.05, 0) is 50.8 Å². The van der Waals surface area contributed by atoms with Gasteiger partial charge in [-0.1, -0.05) is 12.5 Å². The Morgan fingerprint density at radius 2 is 1.90 bits per heavy atom. The number of nitrogens with zero attached hydrogens (tertiary/aromatic N) is 4. The third-order valence-corrected chi connectivity index (χ3v) is 8.14. The Balaban J connectivity index is 1.48. The third-order valence-electron chi connectivity index (χ3n) is 6.13. The highest BCUT2D eigenvalue weighted by Crippen LogP contribution is 2.27. The molecule has 0 bridgehead atoms. The van der Waals surface area contributed by atoms with Crippen LogP contribution in [0.15, 0.2) is 47.9 Å². The molecule has 2 saturated heterocycles. The zero-order valence-electron chi connectivity index (χ0n) is 16.8. The van der Waals surface area contributed by atoms with E-state index in [1.165, 1.54) is 0 Å². The Labute approximate surface area is 172 Å². The van der Waals surface area contributed by atoms with Gasteiger partial charge in [-0.25, -0.2) is 13.4 Å². The molecule has 4 rings (SSSR count). The number of imidazole rings is 1. The van der Waals surface area contributed by atoms with Crippen molar-refractivity contribution in [2.45, 2.75) is 56.0 Å². The first-order valence-electron chi connectivity index (χ1n) is 10.4. The quantitative estimate of drug-likeness (QED) is 0.768. The number of carbonyl (C=O) groups is 1. The molecule has 0 saturated carbocycles. The van der Waals surface area contributed by atoms with Crippen molar-refractivity contribution >= 4 is 15.9 Å². The van der Waals surface area contributed by atoms with Crippen molar-refractivity contribution in [2.24, 2.45) is 0 Å². The minimum Gasteiger partial charge on any atom is -0.338 e. The van der Waals surface area contributed by atoms with Crippen LogP contribution in [0, 0.1) is 0 Å². The molecule has 2 fully saturated rings. The van der Waals surface area contributed by atoms with Crippen molar-refractivity contribution in [3.63, 3.8) is 0 Å². The molecule has 0 N–H and O–H groups in total. The maximum Gasteiger partial charge on any atom is 0.253 e. The average Bonchev–Trinajstić information content (AvgIpc) is 3.28. The molecule has 0 aliphatic carbocycles. The lowest BCUT2D eigenvalue weighted by atomic mass is 10.0. The van der Waals surface area contributed by atoms with E-state index in [-0.39, 0.29) is 16.8 Å². The molecule has 156 valence electrons. The molecule has 2 aliphatic heterocycles. The minimum atomic E-state index is -3.58. The molecule has 0 radical (unpaired) electrons. The van der Waals surface area contributed by atoms with E-state index < -0.39 is 10.0 Å². The fraction of sp³-hybridized carbons (Fsp3) is 0.524. The van der Waals surface area contributed by atoms with Gasteiger partial charge in [0.05, 0.1) is 11.2 Å². The summed E-state index contributed by atoms with van der Waals surface area (Å²) < 4.78 is 29.9. The van der Waals surface area contributed by atoms with Crippen LogP contribution in [0.1, 0.15) is 55.4 Å². The molecule has 8 heteroatoms. The highest BCUT2D eigenvalue weighted by atomic mass is 32.2. The number of aromatic nitrogens is 2. The summed E-state index contributed by atoms with van der Waals surface area (Å²) in [4.78, 5) is 19.1. The van der Waals surface area contributed by atoms with Gasteiger partial charge in [-0.2, -0.15) is 4.31 Å². The Bertz CT molecular complexity index is 950. The van der Waals surface area contributed by atoms with Gasteiger partial charge in [0.2, 0.25) is 10.0 Å². The molecule has 1 aromatic carbocycles. The van der Waals surface area contributed by atoms with Crippen LogP contribution in [0.25, 0.3) is 0 Å². The second-order valence-electron chi connectivity index (χ2n) is 8.02. The third kappa shape index (κ3) is 4.09. The maximum atomic E-state index is 13.1. The summed E-state index contributed by atoms with van der Waals surface area (Å²) in [6.45, 7) is 3.81. The van der Waals surface area contributed by atoms with E-state index in [2.05, 4.69) is 9.55 Å². The van der Waals surface area contributed by atoms with E-state index in [4.69, 9.17) is 0 Å². The highest BCUT2D eigenvalue weighted by Gasteiger charge is 2.32. The lowest BCUT2D eigenvalue weighted by Gasteiger charge is -2.33. The van der Waals surface area contributed by atoms with E-state index in [1.54, 1.807) is 34.8 Å². The van der Waals surface area contributed by atoms with E-state index >= 15 is 0 Å². The fourth-order valence-electron chi connectivity index (χ4n) is 4.39. The summed E-state index contributed by atoms with van der Waals surface area (Å²) in [6.07, 6.45) is 10.1. The topological polar surface area (TPSA) is 75.5 Å². The Kier molecular flexibility index (Phi) is 5.74. The number of hydrogen-bond acceptors (Lipinski definition) is 4. The van der Waals surface area contributed by atoms with E-state index in [0.717, 1.165) is 32.1 Å². The van der Waals surface area contributed by atoms with Crippen LogP contribution in [0.3, 0.4) is 0 Å². The van der Waals surface area contributed by atoms with Gasteiger partial charge >= 0.3 is 0 Å². The molecule has 3 heterocycles. The van der Waals surface area contributed by atoms with Gasteiger partial charge in [0.1, 0.15) is 0 Å². The first-order chi connectivity index (χ1) is 14.0. The summed E-state index contributed by atoms with van der Waals surface area (Å²) in [5, 5.41) is 0. The van der Waals surface area contributed by atoms with Crippen molar-refractivity contribution in [3.8, 4) is 0 Å². The predicted octanol–water partition coefficient (Wildman–Crippen LogP) is 2.92. The van der Waals surface area contributed by atoms with Crippen molar-refractivity contribution < 1.29 is 13.2 Å². The van der Waals surface area contributed by atoms with Gasteiger partial charge < -0.3 is 9.47 Å². The number of carbonyl (C=O) groups excluding carboxylic acids is 1. The van der Waals surface area contributed by atoms with Crippen LogP contribution in [-0.2, 0) is 10.0 Å². The number of benzene rings is 1. The first-order valence-corrected chi connectivity index (χ1v) is 11.8. The van der Waals surface area contributed by atoms with Gasteiger partial charge in [0, 0.05) is 49.7 Å². The monoisotopic (exact) mass is 416 g/mol. The Morgan fingerprint density at radius 1 is 1.10 bits per heavy atom. The van der Waals surface area contributed by atoms with E-state index in [1.807, 2.05) is 24.3 Å². The van der Waals surface area contributed by atoms with Crippen molar-refractivity contribution in [3.05, 3.63) is 48.5 Å². The molecule has 1 unspecified atom stereocenters. The lowest BCUT2D eigenvalue weighted by molar-refractivity contribution is 0.0694. The number of likely N-dealkylation sites (tertiary alicyclic amines) is 1. The van der Waals surface area contributed by atoms with Gasteiger partial charge in [0.25, 0.3) is 5.91 Å². The smallest absolute Gasteiger partial charge is 0.253 e. The highest BCUT2D eigenvalue weighted by molar-refractivity contribution is 7.89. The molecule has 1 atom stereocenters. The summed E-state index contributed by atoms with van der Waals surface area (Å²) >= 11 is 0. The number of amides is 1.